The van der Waals surface area contributed by atoms with E-state index < -0.39 is 5.54 Å². The first kappa shape index (κ1) is 27.9. The topological polar surface area (TPSA) is 97.6 Å². The minimum atomic E-state index is -0.855. The summed E-state index contributed by atoms with van der Waals surface area (Å²) in [7, 11) is 1.74. The summed E-state index contributed by atoms with van der Waals surface area (Å²) >= 11 is 0. The van der Waals surface area contributed by atoms with Crippen molar-refractivity contribution in [1.29, 1.82) is 0 Å². The summed E-state index contributed by atoms with van der Waals surface area (Å²) in [5, 5.41) is 8.68. The van der Waals surface area contributed by atoms with Gasteiger partial charge in [-0.2, -0.15) is 0 Å². The van der Waals surface area contributed by atoms with Crippen LogP contribution in [0.25, 0.3) is 22.6 Å². The van der Waals surface area contributed by atoms with Crippen LogP contribution < -0.4 is 5.73 Å². The SMILES string of the molecule is CCCN(CCC)C(=O)c1cc(-c2nnc([C@@](C)(N)Cc3ccccc3)o2)cc(-c2ccccc2C=NC)c1. The number of carbonyl (C=O) groups excluding carboxylic acids is 1. The fraction of sp³-hybridized carbons (Fsp3) is 0.312. The predicted molar refractivity (Wildman–Crippen MR) is 157 cm³/mol. The Morgan fingerprint density at radius 1 is 0.974 bits per heavy atom. The van der Waals surface area contributed by atoms with Crippen molar-refractivity contribution < 1.29 is 9.21 Å². The second-order valence-corrected chi connectivity index (χ2v) is 10.1. The standard InChI is InChI=1S/C32H37N5O2/c1-5-16-37(17-6-2)30(38)27-19-25(28-15-11-10-14-24(28)22-34-4)18-26(20-27)29-35-36-31(39-29)32(3,33)21-23-12-8-7-9-13-23/h7-15,18-20,22H,5-6,16-17,21,33H2,1-4H3/t32-/m0/s1. The van der Waals surface area contributed by atoms with E-state index in [-0.39, 0.29) is 5.91 Å². The molecule has 0 bridgehead atoms. The van der Waals surface area contributed by atoms with Gasteiger partial charge in [-0.25, -0.2) is 0 Å². The molecular formula is C32H37N5O2. The fourth-order valence-electron chi connectivity index (χ4n) is 4.75. The number of nitrogens with zero attached hydrogens (tertiary/aromatic N) is 4. The molecule has 4 aromatic rings. The van der Waals surface area contributed by atoms with Gasteiger partial charge in [-0.1, -0.05) is 68.4 Å². The minimum Gasteiger partial charge on any atom is -0.419 e. The van der Waals surface area contributed by atoms with Crippen LogP contribution in [0.3, 0.4) is 0 Å². The zero-order chi connectivity index (χ0) is 27.8. The fourth-order valence-corrected chi connectivity index (χ4v) is 4.75. The van der Waals surface area contributed by atoms with Crippen LogP contribution in [0.1, 0.15) is 61.0 Å². The Morgan fingerprint density at radius 3 is 2.33 bits per heavy atom. The molecule has 3 aromatic carbocycles. The molecule has 0 fully saturated rings. The number of hydrogen-bond acceptors (Lipinski definition) is 6. The second-order valence-electron chi connectivity index (χ2n) is 10.1. The molecule has 202 valence electrons. The number of nitrogens with two attached hydrogens (primary N) is 1. The van der Waals surface area contributed by atoms with E-state index in [9.17, 15) is 4.79 Å². The molecule has 7 nitrogen and oxygen atoms in total. The molecule has 0 aliphatic rings. The number of benzene rings is 3. The zero-order valence-corrected chi connectivity index (χ0v) is 23.2. The molecule has 0 radical (unpaired) electrons. The number of aromatic nitrogens is 2. The highest BCUT2D eigenvalue weighted by Crippen LogP contribution is 2.32. The number of hydrogen-bond donors (Lipinski definition) is 1. The predicted octanol–water partition coefficient (Wildman–Crippen LogP) is 6.13. The molecule has 7 heteroatoms. The van der Waals surface area contributed by atoms with E-state index in [4.69, 9.17) is 10.2 Å². The van der Waals surface area contributed by atoms with Crippen molar-refractivity contribution >= 4 is 12.1 Å². The Kier molecular flexibility index (Phi) is 9.04. The van der Waals surface area contributed by atoms with Gasteiger partial charge in [-0.15, -0.1) is 10.2 Å². The lowest BCUT2D eigenvalue weighted by Crippen LogP contribution is -2.35. The van der Waals surface area contributed by atoms with Crippen molar-refractivity contribution in [1.82, 2.24) is 15.1 Å². The third kappa shape index (κ3) is 6.67. The number of carbonyl (C=O) groups is 1. The van der Waals surface area contributed by atoms with Crippen molar-refractivity contribution in [2.75, 3.05) is 20.1 Å². The summed E-state index contributed by atoms with van der Waals surface area (Å²) in [5.41, 5.74) is 10.9. The van der Waals surface area contributed by atoms with Crippen LogP contribution in [-0.4, -0.2) is 47.4 Å². The smallest absolute Gasteiger partial charge is 0.253 e. The van der Waals surface area contributed by atoms with Crippen LogP contribution in [0.4, 0.5) is 0 Å². The van der Waals surface area contributed by atoms with E-state index in [0.29, 0.717) is 42.4 Å². The van der Waals surface area contributed by atoms with Gasteiger partial charge in [0.05, 0.1) is 5.54 Å². The largest absolute Gasteiger partial charge is 0.419 e. The summed E-state index contributed by atoms with van der Waals surface area (Å²) in [6, 6.07) is 23.7. The summed E-state index contributed by atoms with van der Waals surface area (Å²) < 4.78 is 6.17. The quantitative estimate of drug-likeness (QED) is 0.239. The molecule has 0 spiro atoms. The van der Waals surface area contributed by atoms with Gasteiger partial charge in [0.1, 0.15) is 0 Å². The first-order chi connectivity index (χ1) is 18.9. The molecule has 0 aliphatic heterocycles. The third-order valence-corrected chi connectivity index (χ3v) is 6.57. The highest BCUT2D eigenvalue weighted by molar-refractivity contribution is 5.98. The Bertz CT molecular complexity index is 1420. The van der Waals surface area contributed by atoms with Gasteiger partial charge in [0.15, 0.2) is 0 Å². The highest BCUT2D eigenvalue weighted by atomic mass is 16.4. The minimum absolute atomic E-state index is 0.0177. The molecule has 1 heterocycles. The maximum Gasteiger partial charge on any atom is 0.253 e. The van der Waals surface area contributed by atoms with E-state index in [1.165, 1.54) is 0 Å². The average Bonchev–Trinajstić information content (AvgIpc) is 3.45. The van der Waals surface area contributed by atoms with Crippen LogP contribution in [0.5, 0.6) is 0 Å². The average molecular weight is 524 g/mol. The molecule has 0 aliphatic carbocycles. The second kappa shape index (κ2) is 12.6. The maximum absolute atomic E-state index is 13.7. The van der Waals surface area contributed by atoms with Crippen LogP contribution in [0.15, 0.2) is 82.2 Å². The van der Waals surface area contributed by atoms with Crippen LogP contribution in [0, 0.1) is 0 Å². The van der Waals surface area contributed by atoms with Gasteiger partial charge < -0.3 is 15.1 Å². The lowest BCUT2D eigenvalue weighted by atomic mass is 9.94. The Hall–Kier alpha value is -4.10. The highest BCUT2D eigenvalue weighted by Gasteiger charge is 2.29. The van der Waals surface area contributed by atoms with Crippen LogP contribution in [-0.2, 0) is 12.0 Å². The van der Waals surface area contributed by atoms with E-state index in [0.717, 1.165) is 35.1 Å². The van der Waals surface area contributed by atoms with Gasteiger partial charge in [0, 0.05) is 43.0 Å². The van der Waals surface area contributed by atoms with Crippen molar-refractivity contribution in [3.63, 3.8) is 0 Å². The van der Waals surface area contributed by atoms with E-state index in [1.807, 2.05) is 90.8 Å². The molecule has 0 saturated carbocycles. The van der Waals surface area contributed by atoms with Gasteiger partial charge in [0.2, 0.25) is 11.8 Å². The van der Waals surface area contributed by atoms with Crippen LogP contribution >= 0.6 is 0 Å². The van der Waals surface area contributed by atoms with E-state index >= 15 is 0 Å². The molecule has 1 atom stereocenters. The zero-order valence-electron chi connectivity index (χ0n) is 23.2. The van der Waals surface area contributed by atoms with Crippen LogP contribution in [0.2, 0.25) is 0 Å². The molecule has 0 saturated heterocycles. The number of aliphatic imine (C=N–C) groups is 1. The van der Waals surface area contributed by atoms with E-state index in [2.05, 4.69) is 29.0 Å². The van der Waals surface area contributed by atoms with Crippen molar-refractivity contribution in [2.45, 2.75) is 45.6 Å². The Morgan fingerprint density at radius 2 is 1.64 bits per heavy atom. The van der Waals surface area contributed by atoms with E-state index in [1.54, 1.807) is 7.05 Å². The first-order valence-corrected chi connectivity index (χ1v) is 13.5. The van der Waals surface area contributed by atoms with Gasteiger partial charge >= 0.3 is 0 Å². The molecule has 1 amide bonds. The Labute approximate surface area is 230 Å². The maximum atomic E-state index is 13.7. The third-order valence-electron chi connectivity index (χ3n) is 6.57. The molecule has 1 aromatic heterocycles. The molecule has 39 heavy (non-hydrogen) atoms. The lowest BCUT2D eigenvalue weighted by Gasteiger charge is -2.22. The van der Waals surface area contributed by atoms with Gasteiger partial charge in [-0.3, -0.25) is 9.79 Å². The molecule has 0 unspecified atom stereocenters. The van der Waals surface area contributed by atoms with Gasteiger partial charge in [0.25, 0.3) is 5.91 Å². The van der Waals surface area contributed by atoms with Crippen molar-refractivity contribution in [3.8, 4) is 22.6 Å². The first-order valence-electron chi connectivity index (χ1n) is 13.5. The summed E-state index contributed by atoms with van der Waals surface area (Å²) in [6.45, 7) is 7.44. The van der Waals surface area contributed by atoms with Crippen molar-refractivity contribution in [2.24, 2.45) is 10.7 Å². The molecule has 2 N–H and O–H groups in total. The number of amides is 1. The Balaban J connectivity index is 1.79. The molecular weight excluding hydrogens is 486 g/mol. The summed E-state index contributed by atoms with van der Waals surface area (Å²) in [6.07, 6.45) is 4.14. The monoisotopic (exact) mass is 523 g/mol. The van der Waals surface area contributed by atoms with Gasteiger partial charge in [-0.05, 0) is 61.1 Å². The summed E-state index contributed by atoms with van der Waals surface area (Å²) in [4.78, 5) is 19.8. The normalized spacial score (nSPS) is 12.9. The lowest BCUT2D eigenvalue weighted by molar-refractivity contribution is 0.0755. The van der Waals surface area contributed by atoms with Crippen molar-refractivity contribution in [3.05, 3.63) is 95.4 Å². The molecule has 4 rings (SSSR count). The summed E-state index contributed by atoms with van der Waals surface area (Å²) in [5.74, 6) is 0.650. The number of rotatable bonds is 11.